The van der Waals surface area contributed by atoms with E-state index in [0.29, 0.717) is 44.9 Å². The molecule has 3 amide bonds. The smallest absolute Gasteiger partial charge is 0.289 e. The third kappa shape index (κ3) is 5.12. The summed E-state index contributed by atoms with van der Waals surface area (Å²) in [7, 11) is 0. The number of benzene rings is 1. The normalized spacial score (nSPS) is 13.9. The van der Waals surface area contributed by atoms with E-state index in [1.165, 1.54) is 13.2 Å². The molecule has 2 N–H and O–H groups in total. The summed E-state index contributed by atoms with van der Waals surface area (Å²) in [4.78, 5) is 39.1. The summed E-state index contributed by atoms with van der Waals surface area (Å²) in [5.74, 6) is 0.139. The molecule has 2 aromatic rings. The van der Waals surface area contributed by atoms with Gasteiger partial charge in [0.25, 0.3) is 5.91 Å². The highest BCUT2D eigenvalue weighted by Gasteiger charge is 2.25. The van der Waals surface area contributed by atoms with E-state index < -0.39 is 0 Å². The van der Waals surface area contributed by atoms with E-state index in [2.05, 4.69) is 10.6 Å². The number of nitrogens with zero attached hydrogens (tertiary/aromatic N) is 2. The molecule has 8 nitrogen and oxygen atoms in total. The van der Waals surface area contributed by atoms with E-state index in [-0.39, 0.29) is 17.7 Å². The molecule has 1 aliphatic heterocycles. The molecule has 0 aliphatic carbocycles. The van der Waals surface area contributed by atoms with Crippen LogP contribution in [0.15, 0.2) is 47.1 Å². The van der Waals surface area contributed by atoms with Gasteiger partial charge in [-0.3, -0.25) is 14.4 Å². The van der Waals surface area contributed by atoms with Crippen LogP contribution in [0, 0.1) is 0 Å². The summed E-state index contributed by atoms with van der Waals surface area (Å²) in [6, 6.07) is 10.7. The van der Waals surface area contributed by atoms with Gasteiger partial charge in [-0.2, -0.15) is 0 Å². The second-order valence-electron chi connectivity index (χ2n) is 6.59. The number of hydrogen-bond acceptors (Lipinski definition) is 5. The second-order valence-corrected chi connectivity index (χ2v) is 6.59. The molecule has 2 heterocycles. The Balaban J connectivity index is 1.39. The second kappa shape index (κ2) is 9.07. The van der Waals surface area contributed by atoms with E-state index in [4.69, 9.17) is 4.42 Å². The molecule has 0 spiro atoms. The number of hydrogen-bond donors (Lipinski definition) is 2. The van der Waals surface area contributed by atoms with Crippen LogP contribution in [0.1, 0.15) is 23.9 Å². The maximum atomic E-state index is 12.4. The molecular weight excluding hydrogens is 360 g/mol. The van der Waals surface area contributed by atoms with Crippen molar-refractivity contribution in [2.24, 2.45) is 0 Å². The van der Waals surface area contributed by atoms with Crippen LogP contribution in [0.3, 0.4) is 0 Å². The van der Waals surface area contributed by atoms with E-state index >= 15 is 0 Å². The van der Waals surface area contributed by atoms with E-state index in [1.807, 2.05) is 12.1 Å². The fourth-order valence-corrected chi connectivity index (χ4v) is 3.06. The summed E-state index contributed by atoms with van der Waals surface area (Å²) in [5.41, 5.74) is 1.62. The Kier molecular flexibility index (Phi) is 6.31. The predicted octanol–water partition coefficient (Wildman–Crippen LogP) is 2.02. The lowest BCUT2D eigenvalue weighted by atomic mass is 10.2. The molecule has 28 heavy (non-hydrogen) atoms. The summed E-state index contributed by atoms with van der Waals surface area (Å²) in [6.45, 7) is 4.04. The minimum absolute atomic E-state index is 0.0625. The molecule has 1 aromatic carbocycles. The number of carbonyl (C=O) groups excluding carboxylic acids is 3. The van der Waals surface area contributed by atoms with Gasteiger partial charge in [0.15, 0.2) is 5.76 Å². The van der Waals surface area contributed by atoms with Crippen molar-refractivity contribution < 1.29 is 18.8 Å². The first-order chi connectivity index (χ1) is 13.5. The number of carbonyl (C=O) groups is 3. The lowest BCUT2D eigenvalue weighted by Crippen LogP contribution is -2.50. The minimum Gasteiger partial charge on any atom is -0.459 e. The van der Waals surface area contributed by atoms with Gasteiger partial charge in [0.2, 0.25) is 11.8 Å². The zero-order valence-corrected chi connectivity index (χ0v) is 15.8. The molecule has 1 fully saturated rings. The number of amides is 3. The Morgan fingerprint density at radius 1 is 0.964 bits per heavy atom. The van der Waals surface area contributed by atoms with Crippen LogP contribution >= 0.6 is 0 Å². The average molecular weight is 384 g/mol. The Labute approximate surface area is 163 Å². The largest absolute Gasteiger partial charge is 0.459 e. The van der Waals surface area contributed by atoms with Gasteiger partial charge in [0.1, 0.15) is 0 Å². The Morgan fingerprint density at radius 3 is 2.21 bits per heavy atom. The standard InChI is InChI=1S/C20H24N4O4/c1-15(25)22-17-6-4-16(5-7-17)21-9-8-19(26)23-10-12-24(13-11-23)20(27)18-3-2-14-28-18/h2-7,14,21H,8-13H2,1H3,(H,22,25). The third-order valence-electron chi connectivity index (χ3n) is 4.52. The molecular formula is C20H24N4O4. The summed E-state index contributed by atoms with van der Waals surface area (Å²) >= 11 is 0. The molecule has 1 saturated heterocycles. The fraction of sp³-hybridized carbons (Fsp3) is 0.350. The highest BCUT2D eigenvalue weighted by atomic mass is 16.3. The molecule has 0 bridgehead atoms. The topological polar surface area (TPSA) is 94.9 Å². The van der Waals surface area contributed by atoms with Gasteiger partial charge in [-0.1, -0.05) is 0 Å². The van der Waals surface area contributed by atoms with Crippen LogP contribution in [0.5, 0.6) is 0 Å². The van der Waals surface area contributed by atoms with Gasteiger partial charge in [-0.05, 0) is 36.4 Å². The van der Waals surface area contributed by atoms with Crippen molar-refractivity contribution in [3.8, 4) is 0 Å². The zero-order valence-electron chi connectivity index (χ0n) is 15.8. The molecule has 8 heteroatoms. The highest BCUT2D eigenvalue weighted by Crippen LogP contribution is 2.14. The summed E-state index contributed by atoms with van der Waals surface area (Å²) in [5, 5.41) is 5.91. The third-order valence-corrected chi connectivity index (χ3v) is 4.52. The van der Waals surface area contributed by atoms with Gasteiger partial charge in [0, 0.05) is 57.4 Å². The van der Waals surface area contributed by atoms with Crippen LogP contribution < -0.4 is 10.6 Å². The maximum absolute atomic E-state index is 12.4. The predicted molar refractivity (Wildman–Crippen MR) is 105 cm³/mol. The van der Waals surface area contributed by atoms with Crippen molar-refractivity contribution in [3.63, 3.8) is 0 Å². The number of anilines is 2. The molecule has 0 radical (unpaired) electrons. The van der Waals surface area contributed by atoms with E-state index in [0.717, 1.165) is 11.4 Å². The molecule has 0 unspecified atom stereocenters. The van der Waals surface area contributed by atoms with Crippen LogP contribution in [0.4, 0.5) is 11.4 Å². The fourth-order valence-electron chi connectivity index (χ4n) is 3.06. The van der Waals surface area contributed by atoms with Crippen molar-refractivity contribution in [3.05, 3.63) is 48.4 Å². The van der Waals surface area contributed by atoms with Crippen LogP contribution in [-0.2, 0) is 9.59 Å². The average Bonchev–Trinajstić information content (AvgIpc) is 3.23. The Morgan fingerprint density at radius 2 is 1.61 bits per heavy atom. The van der Waals surface area contributed by atoms with Gasteiger partial charge in [-0.25, -0.2) is 0 Å². The molecule has 1 aromatic heterocycles. The SMILES string of the molecule is CC(=O)Nc1ccc(NCCC(=O)N2CCN(C(=O)c3ccco3)CC2)cc1. The van der Waals surface area contributed by atoms with Gasteiger partial charge in [-0.15, -0.1) is 0 Å². The first-order valence-corrected chi connectivity index (χ1v) is 9.25. The van der Waals surface area contributed by atoms with Crippen molar-refractivity contribution in [2.75, 3.05) is 43.4 Å². The quantitative estimate of drug-likeness (QED) is 0.795. The number of furan rings is 1. The first kappa shape index (κ1) is 19.5. The maximum Gasteiger partial charge on any atom is 0.289 e. The lowest BCUT2D eigenvalue weighted by molar-refractivity contribution is -0.132. The summed E-state index contributed by atoms with van der Waals surface area (Å²) in [6.07, 6.45) is 1.85. The molecule has 148 valence electrons. The van der Waals surface area contributed by atoms with Gasteiger partial charge >= 0.3 is 0 Å². The van der Waals surface area contributed by atoms with Crippen molar-refractivity contribution >= 4 is 29.1 Å². The Hall–Kier alpha value is -3.29. The van der Waals surface area contributed by atoms with Crippen LogP contribution in [0.25, 0.3) is 0 Å². The van der Waals surface area contributed by atoms with Crippen molar-refractivity contribution in [1.29, 1.82) is 0 Å². The molecule has 0 saturated carbocycles. The Bertz CT molecular complexity index is 809. The van der Waals surface area contributed by atoms with E-state index in [9.17, 15) is 14.4 Å². The molecule has 0 atom stereocenters. The number of piperazine rings is 1. The monoisotopic (exact) mass is 384 g/mol. The first-order valence-electron chi connectivity index (χ1n) is 9.25. The molecule has 3 rings (SSSR count). The number of rotatable bonds is 6. The van der Waals surface area contributed by atoms with Gasteiger partial charge in [0.05, 0.1) is 6.26 Å². The zero-order chi connectivity index (χ0) is 19.9. The van der Waals surface area contributed by atoms with Crippen LogP contribution in [-0.4, -0.2) is 60.2 Å². The molecule has 1 aliphatic rings. The summed E-state index contributed by atoms with van der Waals surface area (Å²) < 4.78 is 5.14. The van der Waals surface area contributed by atoms with E-state index in [1.54, 1.807) is 34.1 Å². The number of nitrogens with one attached hydrogen (secondary N) is 2. The van der Waals surface area contributed by atoms with Crippen molar-refractivity contribution in [2.45, 2.75) is 13.3 Å². The van der Waals surface area contributed by atoms with Gasteiger partial charge < -0.3 is 24.9 Å². The van der Waals surface area contributed by atoms with Crippen LogP contribution in [0.2, 0.25) is 0 Å². The lowest BCUT2D eigenvalue weighted by Gasteiger charge is -2.34. The minimum atomic E-state index is -0.138. The van der Waals surface area contributed by atoms with Crippen molar-refractivity contribution in [1.82, 2.24) is 9.80 Å². The highest BCUT2D eigenvalue weighted by molar-refractivity contribution is 5.91.